The first kappa shape index (κ1) is 83.2. The number of phosphoric ester groups is 1. The molecule has 0 unspecified atom stereocenters. The smallest absolute Gasteiger partial charge is 0.387 e. The van der Waals surface area contributed by atoms with Crippen LogP contribution < -0.4 is 5.32 Å². The average molecular weight is 1300 g/mol. The van der Waals surface area contributed by atoms with Crippen LogP contribution in [0.15, 0.2) is 12.2 Å². The van der Waals surface area contributed by atoms with Crippen LogP contribution in [0.25, 0.3) is 0 Å². The summed E-state index contributed by atoms with van der Waals surface area (Å²) >= 11 is 0. The van der Waals surface area contributed by atoms with Gasteiger partial charge in [-0.3, -0.25) is 13.9 Å². The maximum atomic E-state index is 14.2. The number of carbonyl (C=O) groups is 1. The number of hydrogen-bond acceptors (Lipinski definition) is 14. The minimum atomic E-state index is -5.22. The van der Waals surface area contributed by atoms with Crippen LogP contribution in [0.3, 0.4) is 0 Å². The Kier molecular flexibility index (Phi) is 51.3. The van der Waals surface area contributed by atoms with Crippen LogP contribution in [0.2, 0.25) is 0 Å². The van der Waals surface area contributed by atoms with Gasteiger partial charge in [-0.15, -0.1) is 0 Å². The first-order chi connectivity index (χ1) is 42.6. The lowest BCUT2D eigenvalue weighted by atomic mass is 9.95. The molecule has 2 heterocycles. The van der Waals surface area contributed by atoms with E-state index < -0.39 is 89.7 Å². The number of ether oxygens (including phenoxy) is 9. The molecule has 0 bridgehead atoms. The fourth-order valence-corrected chi connectivity index (χ4v) is 12.7. The number of amides is 1. The Bertz CT molecular complexity index is 1740. The average Bonchev–Trinajstić information content (AvgIpc) is 1.64. The van der Waals surface area contributed by atoms with Gasteiger partial charge in [0, 0.05) is 40.5 Å². The van der Waals surface area contributed by atoms with E-state index in [-0.39, 0.29) is 44.9 Å². The fraction of sp³-hybridized carbons (Fsp3) is 0.955. The monoisotopic (exact) mass is 1300 g/mol. The number of aliphatic hydroxyl groups is 1. The Labute approximate surface area is 534 Å². The van der Waals surface area contributed by atoms with Crippen LogP contribution >= 0.6 is 15.4 Å². The van der Waals surface area contributed by atoms with E-state index in [0.717, 1.165) is 128 Å². The molecule has 0 saturated carbocycles. The lowest BCUT2D eigenvalue weighted by molar-refractivity contribution is -0.328. The zero-order valence-electron chi connectivity index (χ0n) is 56.2. The number of rotatable bonds is 61. The summed E-state index contributed by atoms with van der Waals surface area (Å²) in [5.41, 5.74) is 0. The zero-order valence-corrected chi connectivity index (χ0v) is 58.0. The highest BCUT2D eigenvalue weighted by molar-refractivity contribution is 7.51. The van der Waals surface area contributed by atoms with E-state index in [1.807, 2.05) is 0 Å². The van der Waals surface area contributed by atoms with Crippen LogP contribution in [-0.2, 0) is 61.1 Å². The van der Waals surface area contributed by atoms with Gasteiger partial charge in [0.15, 0.2) is 18.9 Å². The first-order valence-corrected chi connectivity index (χ1v) is 38.8. The molecule has 11 atom stereocenters. The van der Waals surface area contributed by atoms with Gasteiger partial charge in [-0.2, -0.15) is 0 Å². The molecule has 21 heteroatoms. The number of phosphoric acid groups is 1. The molecule has 19 nitrogen and oxygen atoms in total. The van der Waals surface area contributed by atoms with Crippen molar-refractivity contribution in [3.63, 3.8) is 0 Å². The molecule has 88 heavy (non-hydrogen) atoms. The SMILES string of the molecule is CCCCCC/C=C\CCCCCCCCCC(=O)N[C@H]1[C@H](OC[C@H]2O[C@@H](OCP(=O)(O)O)[C@H](OCCCCCCCCCCCC)[C@@H](OCCCCCCCCCCCC)[C@@H]2O)O[C@H](COC)[C@@H](OP(=O)(O)O)[C@@H]1OCC[C@@H](CCCCCCC)OC. The van der Waals surface area contributed by atoms with Gasteiger partial charge in [0.1, 0.15) is 48.8 Å². The van der Waals surface area contributed by atoms with Crippen LogP contribution in [0.5, 0.6) is 0 Å². The number of allylic oxidation sites excluding steroid dienone is 2. The third-order valence-corrected chi connectivity index (χ3v) is 18.0. The molecule has 2 aliphatic heterocycles. The fourth-order valence-electron chi connectivity index (χ4n) is 11.8. The summed E-state index contributed by atoms with van der Waals surface area (Å²) in [7, 11) is -6.89. The molecular weight excluding hydrogens is 1170 g/mol. The Morgan fingerprint density at radius 3 is 1.41 bits per heavy atom. The predicted octanol–water partition coefficient (Wildman–Crippen LogP) is 15.4. The summed E-state index contributed by atoms with van der Waals surface area (Å²) < 4.78 is 86.9. The summed E-state index contributed by atoms with van der Waals surface area (Å²) in [6.45, 7) is 8.80. The highest BCUT2D eigenvalue weighted by Gasteiger charge is 2.53. The minimum absolute atomic E-state index is 0.0644. The molecule has 0 spiro atoms. The van der Waals surface area contributed by atoms with Crippen molar-refractivity contribution in [2.75, 3.05) is 53.6 Å². The van der Waals surface area contributed by atoms with Crippen LogP contribution in [0, 0.1) is 0 Å². The van der Waals surface area contributed by atoms with Gasteiger partial charge < -0.3 is 72.6 Å². The van der Waals surface area contributed by atoms with E-state index in [1.165, 1.54) is 110 Å². The highest BCUT2D eigenvalue weighted by atomic mass is 31.2. The quantitative estimate of drug-likeness (QED) is 0.0188. The summed E-state index contributed by atoms with van der Waals surface area (Å²) in [6.07, 6.45) is 35.3. The Hall–Kier alpha value is -0.930. The molecule has 2 saturated heterocycles. The van der Waals surface area contributed by atoms with Crippen molar-refractivity contribution >= 4 is 21.3 Å². The van der Waals surface area contributed by atoms with Crippen LogP contribution in [-0.4, -0.2) is 152 Å². The maximum absolute atomic E-state index is 14.2. The lowest BCUT2D eigenvalue weighted by Gasteiger charge is -2.47. The molecule has 0 aromatic heterocycles. The topological polar surface area (TPSA) is 257 Å². The zero-order chi connectivity index (χ0) is 64.4. The molecule has 0 radical (unpaired) electrons. The van der Waals surface area contributed by atoms with E-state index in [4.69, 9.17) is 47.2 Å². The Balaban J connectivity index is 2.42. The van der Waals surface area contributed by atoms with E-state index >= 15 is 0 Å². The van der Waals surface area contributed by atoms with Gasteiger partial charge in [-0.25, -0.2) is 4.57 Å². The molecule has 0 aromatic rings. The van der Waals surface area contributed by atoms with Gasteiger partial charge >= 0.3 is 15.4 Å². The summed E-state index contributed by atoms with van der Waals surface area (Å²) in [5, 5.41) is 15.4. The minimum Gasteiger partial charge on any atom is -0.387 e. The molecular formula is C67H131NO18P2. The van der Waals surface area contributed by atoms with E-state index in [2.05, 4.69) is 45.2 Å². The molecule has 2 rings (SSSR count). The summed E-state index contributed by atoms with van der Waals surface area (Å²) in [4.78, 5) is 55.0. The van der Waals surface area contributed by atoms with Crippen LogP contribution in [0.1, 0.15) is 291 Å². The third-order valence-electron chi connectivity index (χ3n) is 17.0. The van der Waals surface area contributed by atoms with Crippen molar-refractivity contribution in [3.8, 4) is 0 Å². The Morgan fingerprint density at radius 1 is 0.477 bits per heavy atom. The molecule has 6 N–H and O–H groups in total. The van der Waals surface area contributed by atoms with Crippen LogP contribution in [0.4, 0.5) is 0 Å². The predicted molar refractivity (Wildman–Crippen MR) is 349 cm³/mol. The molecule has 1 amide bonds. The second-order valence-electron chi connectivity index (χ2n) is 25.0. The number of carbonyl (C=O) groups excluding carboxylic acids is 1. The van der Waals surface area contributed by atoms with E-state index in [0.29, 0.717) is 25.7 Å². The number of aliphatic hydroxyl groups excluding tert-OH is 1. The largest absolute Gasteiger partial charge is 0.470 e. The Morgan fingerprint density at radius 2 is 0.920 bits per heavy atom. The highest BCUT2D eigenvalue weighted by Crippen LogP contribution is 2.43. The van der Waals surface area contributed by atoms with Gasteiger partial charge in [-0.1, -0.05) is 239 Å². The summed E-state index contributed by atoms with van der Waals surface area (Å²) in [6, 6.07) is -1.22. The molecule has 2 aliphatic rings. The number of nitrogens with one attached hydrogen (secondary N) is 1. The van der Waals surface area contributed by atoms with Gasteiger partial charge in [0.25, 0.3) is 0 Å². The molecule has 0 aromatic carbocycles. The number of methoxy groups -OCH3 is 2. The number of unbranched alkanes of at least 4 members (excludes halogenated alkanes) is 33. The maximum Gasteiger partial charge on any atom is 0.470 e. The second-order valence-corrected chi connectivity index (χ2v) is 27.8. The van der Waals surface area contributed by atoms with Crippen molar-refractivity contribution in [1.82, 2.24) is 5.32 Å². The van der Waals surface area contributed by atoms with Crippen molar-refractivity contribution in [1.29, 1.82) is 0 Å². The van der Waals surface area contributed by atoms with E-state index in [9.17, 15) is 38.6 Å². The van der Waals surface area contributed by atoms with Crippen molar-refractivity contribution in [2.45, 2.75) is 358 Å². The second kappa shape index (κ2) is 54.3. The molecule has 522 valence electrons. The first-order valence-electron chi connectivity index (χ1n) is 35.4. The van der Waals surface area contributed by atoms with Gasteiger partial charge in [-0.05, 0) is 57.8 Å². The lowest BCUT2D eigenvalue weighted by Crippen LogP contribution is -2.67. The van der Waals surface area contributed by atoms with Crippen molar-refractivity contribution in [3.05, 3.63) is 12.2 Å². The third kappa shape index (κ3) is 41.7. The van der Waals surface area contributed by atoms with Gasteiger partial charge in [0.05, 0.1) is 19.3 Å². The summed E-state index contributed by atoms with van der Waals surface area (Å²) in [5.74, 6) is -0.359. The van der Waals surface area contributed by atoms with Gasteiger partial charge in [0.2, 0.25) is 5.91 Å². The molecule has 2 fully saturated rings. The standard InChI is InChI=1S/C67H131NO18P2/c1-7-11-15-19-22-25-28-29-30-31-32-33-36-40-44-48-59(69)68-60-63(81-52-49-56(78-6)47-43-39-18-14-10-4)62(86-88(74,75)76)58(53-77-5)85-66(60)82-54-57-61(70)64(79-50-45-41-37-34-26-23-20-16-12-8-2)65(67(84-57)83-55-87(71,72)73)80-51-46-42-38-35-27-24-21-17-13-9-3/h25,28,56-58,60-67,70H,7-24,26-27,29-55H2,1-6H3,(H,68,69)(H2,71,72,73)(H2,74,75,76)/b28-25-/t56-,57-,58-,60-,61-,62-,63-,64+,65-,66-,67-/m1/s1. The van der Waals surface area contributed by atoms with Crippen molar-refractivity contribution < 1.29 is 85.8 Å². The van der Waals surface area contributed by atoms with Crippen molar-refractivity contribution in [2.24, 2.45) is 0 Å². The number of hydrogen-bond donors (Lipinski definition) is 6. The van der Waals surface area contributed by atoms with E-state index in [1.54, 1.807) is 7.11 Å². The normalized spacial score (nSPS) is 23.1. The molecule has 0 aliphatic carbocycles.